The van der Waals surface area contributed by atoms with Gasteiger partial charge in [-0.25, -0.2) is 0 Å². The van der Waals surface area contributed by atoms with Crippen LogP contribution in [0.3, 0.4) is 0 Å². The van der Waals surface area contributed by atoms with Crippen LogP contribution in [0.15, 0.2) is 48.5 Å². The molecule has 0 radical (unpaired) electrons. The van der Waals surface area contributed by atoms with Gasteiger partial charge < -0.3 is 10.5 Å². The largest absolute Gasteiger partial charge is 0.494 e. The Kier molecular flexibility index (Phi) is 6.67. The minimum Gasteiger partial charge on any atom is -0.494 e. The first-order valence-corrected chi connectivity index (χ1v) is 8.34. The summed E-state index contributed by atoms with van der Waals surface area (Å²) in [6, 6.07) is 15.3. The second-order valence-electron chi connectivity index (χ2n) is 5.73. The molecular weight excluding hydrogens is 286 g/mol. The van der Waals surface area contributed by atoms with E-state index in [1.807, 2.05) is 36.4 Å². The Hall–Kier alpha value is -2.29. The molecule has 0 aliphatic rings. The van der Waals surface area contributed by atoms with Crippen molar-refractivity contribution in [2.24, 2.45) is 5.73 Å². The molecule has 2 rings (SSSR count). The Morgan fingerprint density at radius 3 is 2.39 bits per heavy atom. The molecule has 23 heavy (non-hydrogen) atoms. The molecule has 2 N–H and O–H groups in total. The fourth-order valence-electron chi connectivity index (χ4n) is 2.49. The van der Waals surface area contributed by atoms with E-state index in [-0.39, 0.29) is 0 Å². The molecule has 0 bridgehead atoms. The van der Waals surface area contributed by atoms with Gasteiger partial charge in [-0.1, -0.05) is 56.9 Å². The Labute approximate surface area is 138 Å². The van der Waals surface area contributed by atoms with Crippen molar-refractivity contribution in [1.82, 2.24) is 0 Å². The first-order chi connectivity index (χ1) is 11.2. The zero-order chi connectivity index (χ0) is 16.5. The van der Waals surface area contributed by atoms with E-state index < -0.39 is 5.91 Å². The molecule has 0 saturated heterocycles. The summed E-state index contributed by atoms with van der Waals surface area (Å²) in [6.45, 7) is 2.98. The standard InChI is InChI=1S/C20H25NO2/c1-2-3-4-5-6-14-23-19-9-7-8-18(15-19)16-10-12-17(13-11-16)20(21)22/h7-13,15H,2-6,14H2,1H3,(H2,21,22). The molecule has 0 aromatic heterocycles. The molecule has 0 heterocycles. The Morgan fingerprint density at radius 2 is 1.70 bits per heavy atom. The highest BCUT2D eigenvalue weighted by Crippen LogP contribution is 2.24. The number of benzene rings is 2. The maximum Gasteiger partial charge on any atom is 0.248 e. The topological polar surface area (TPSA) is 52.3 Å². The zero-order valence-corrected chi connectivity index (χ0v) is 13.8. The predicted molar refractivity (Wildman–Crippen MR) is 94.6 cm³/mol. The fraction of sp³-hybridized carbons (Fsp3) is 0.350. The first kappa shape index (κ1) is 17.1. The van der Waals surface area contributed by atoms with Gasteiger partial charge in [-0.3, -0.25) is 4.79 Å². The Morgan fingerprint density at radius 1 is 0.957 bits per heavy atom. The van der Waals surface area contributed by atoms with Crippen LogP contribution in [0.25, 0.3) is 11.1 Å². The molecule has 3 heteroatoms. The summed E-state index contributed by atoms with van der Waals surface area (Å²) < 4.78 is 5.84. The molecule has 0 unspecified atom stereocenters. The molecule has 2 aromatic rings. The van der Waals surface area contributed by atoms with Crippen molar-refractivity contribution in [2.75, 3.05) is 6.61 Å². The molecule has 0 atom stereocenters. The number of ether oxygens (including phenoxy) is 1. The maximum absolute atomic E-state index is 11.1. The van der Waals surface area contributed by atoms with Gasteiger partial charge >= 0.3 is 0 Å². The van der Waals surface area contributed by atoms with Gasteiger partial charge in [-0.2, -0.15) is 0 Å². The van der Waals surface area contributed by atoms with Crippen LogP contribution < -0.4 is 10.5 Å². The summed E-state index contributed by atoms with van der Waals surface area (Å²) in [5.74, 6) is 0.480. The van der Waals surface area contributed by atoms with Gasteiger partial charge in [0.05, 0.1) is 6.61 Å². The number of primary amides is 1. The Bertz CT molecular complexity index is 620. The molecule has 122 valence electrons. The van der Waals surface area contributed by atoms with E-state index in [0.29, 0.717) is 5.56 Å². The summed E-state index contributed by atoms with van der Waals surface area (Å²) in [6.07, 6.45) is 6.17. The normalized spacial score (nSPS) is 10.5. The average molecular weight is 311 g/mol. The summed E-state index contributed by atoms with van der Waals surface area (Å²) >= 11 is 0. The molecule has 3 nitrogen and oxygen atoms in total. The van der Waals surface area contributed by atoms with Crippen LogP contribution in [0.1, 0.15) is 49.4 Å². The summed E-state index contributed by atoms with van der Waals surface area (Å²) in [5.41, 5.74) is 7.91. The highest BCUT2D eigenvalue weighted by Gasteiger charge is 2.03. The van der Waals surface area contributed by atoms with E-state index in [9.17, 15) is 4.79 Å². The monoisotopic (exact) mass is 311 g/mol. The second kappa shape index (κ2) is 8.99. The minimum atomic E-state index is -0.406. The van der Waals surface area contributed by atoms with E-state index in [1.165, 1.54) is 25.7 Å². The van der Waals surface area contributed by atoms with Crippen molar-refractivity contribution < 1.29 is 9.53 Å². The molecule has 0 aliphatic carbocycles. The average Bonchev–Trinajstić information content (AvgIpc) is 2.58. The van der Waals surface area contributed by atoms with Gasteiger partial charge in [0.1, 0.15) is 5.75 Å². The van der Waals surface area contributed by atoms with E-state index in [0.717, 1.165) is 29.9 Å². The van der Waals surface area contributed by atoms with Crippen LogP contribution in [0.5, 0.6) is 5.75 Å². The third-order valence-electron chi connectivity index (χ3n) is 3.85. The van der Waals surface area contributed by atoms with Crippen molar-refractivity contribution in [3.8, 4) is 16.9 Å². The number of carbonyl (C=O) groups excluding carboxylic acids is 1. The van der Waals surface area contributed by atoms with Crippen molar-refractivity contribution in [1.29, 1.82) is 0 Å². The highest BCUT2D eigenvalue weighted by atomic mass is 16.5. The van der Waals surface area contributed by atoms with Gasteiger partial charge in [-0.15, -0.1) is 0 Å². The molecule has 0 saturated carbocycles. The van der Waals surface area contributed by atoms with Crippen molar-refractivity contribution in [3.05, 3.63) is 54.1 Å². The lowest BCUT2D eigenvalue weighted by atomic mass is 10.0. The van der Waals surface area contributed by atoms with Crippen LogP contribution in [-0.4, -0.2) is 12.5 Å². The number of nitrogens with two attached hydrogens (primary N) is 1. The SMILES string of the molecule is CCCCCCCOc1cccc(-c2ccc(C(N)=O)cc2)c1. The van der Waals surface area contributed by atoms with Crippen LogP contribution >= 0.6 is 0 Å². The summed E-state index contributed by atoms with van der Waals surface area (Å²) in [4.78, 5) is 11.1. The number of unbranched alkanes of at least 4 members (excludes halogenated alkanes) is 4. The van der Waals surface area contributed by atoms with Gasteiger partial charge in [0.2, 0.25) is 5.91 Å². The first-order valence-electron chi connectivity index (χ1n) is 8.34. The lowest BCUT2D eigenvalue weighted by molar-refractivity contribution is 0.100. The van der Waals surface area contributed by atoms with E-state index in [1.54, 1.807) is 12.1 Å². The minimum absolute atomic E-state index is 0.406. The Balaban J connectivity index is 1.92. The number of hydrogen-bond acceptors (Lipinski definition) is 2. The molecule has 0 spiro atoms. The van der Waals surface area contributed by atoms with Crippen LogP contribution in [-0.2, 0) is 0 Å². The van der Waals surface area contributed by atoms with Gasteiger partial charge in [0.25, 0.3) is 0 Å². The summed E-state index contributed by atoms with van der Waals surface area (Å²) in [7, 11) is 0. The quantitative estimate of drug-likeness (QED) is 0.676. The van der Waals surface area contributed by atoms with Crippen molar-refractivity contribution >= 4 is 5.91 Å². The van der Waals surface area contributed by atoms with Crippen LogP contribution in [0, 0.1) is 0 Å². The smallest absolute Gasteiger partial charge is 0.248 e. The molecule has 1 amide bonds. The van der Waals surface area contributed by atoms with E-state index in [2.05, 4.69) is 6.92 Å². The van der Waals surface area contributed by atoms with Crippen molar-refractivity contribution in [2.45, 2.75) is 39.0 Å². The highest BCUT2D eigenvalue weighted by molar-refractivity contribution is 5.93. The molecular formula is C20H25NO2. The van der Waals surface area contributed by atoms with E-state index in [4.69, 9.17) is 10.5 Å². The third-order valence-corrected chi connectivity index (χ3v) is 3.85. The molecule has 2 aromatic carbocycles. The number of amides is 1. The predicted octanol–water partition coefficient (Wildman–Crippen LogP) is 4.80. The number of rotatable bonds is 9. The van der Waals surface area contributed by atoms with Crippen LogP contribution in [0.2, 0.25) is 0 Å². The lowest BCUT2D eigenvalue weighted by Gasteiger charge is -2.08. The molecule has 0 fully saturated rings. The number of hydrogen-bond donors (Lipinski definition) is 1. The molecule has 0 aliphatic heterocycles. The fourth-order valence-corrected chi connectivity index (χ4v) is 2.49. The van der Waals surface area contributed by atoms with Gasteiger partial charge in [0, 0.05) is 5.56 Å². The lowest BCUT2D eigenvalue weighted by Crippen LogP contribution is -2.10. The van der Waals surface area contributed by atoms with Crippen LogP contribution in [0.4, 0.5) is 0 Å². The summed E-state index contributed by atoms with van der Waals surface area (Å²) in [5, 5.41) is 0. The van der Waals surface area contributed by atoms with Gasteiger partial charge in [-0.05, 0) is 41.8 Å². The second-order valence-corrected chi connectivity index (χ2v) is 5.73. The van der Waals surface area contributed by atoms with Gasteiger partial charge in [0.15, 0.2) is 0 Å². The number of carbonyl (C=O) groups is 1. The third kappa shape index (κ3) is 5.44. The maximum atomic E-state index is 11.1. The van der Waals surface area contributed by atoms with Crippen molar-refractivity contribution in [3.63, 3.8) is 0 Å². The zero-order valence-electron chi connectivity index (χ0n) is 13.8. The van der Waals surface area contributed by atoms with E-state index >= 15 is 0 Å².